The van der Waals surface area contributed by atoms with Crippen LogP contribution in [0.15, 0.2) is 30.6 Å². The highest BCUT2D eigenvalue weighted by Gasteiger charge is 2.44. The number of amides is 1. The van der Waals surface area contributed by atoms with Crippen LogP contribution in [0.2, 0.25) is 0 Å². The Bertz CT molecular complexity index is 772. The zero-order valence-electron chi connectivity index (χ0n) is 15.0. The number of imidazole rings is 1. The second-order valence-corrected chi connectivity index (χ2v) is 7.73. The molecule has 2 aliphatic heterocycles. The molecular formula is C19H26N4O2. The summed E-state index contributed by atoms with van der Waals surface area (Å²) < 4.78 is 8.11. The van der Waals surface area contributed by atoms with Gasteiger partial charge in [-0.05, 0) is 51.4 Å². The molecule has 4 heterocycles. The monoisotopic (exact) mass is 342 g/mol. The van der Waals surface area contributed by atoms with Crippen LogP contribution in [-0.4, -0.2) is 71.0 Å². The molecule has 0 aromatic carbocycles. The molecule has 0 radical (unpaired) electrons. The second kappa shape index (κ2) is 6.42. The van der Waals surface area contributed by atoms with E-state index in [2.05, 4.69) is 24.0 Å². The second-order valence-electron chi connectivity index (χ2n) is 7.73. The van der Waals surface area contributed by atoms with E-state index in [0.717, 1.165) is 44.6 Å². The average molecular weight is 342 g/mol. The molecule has 2 aromatic heterocycles. The van der Waals surface area contributed by atoms with Crippen LogP contribution in [0.1, 0.15) is 29.8 Å². The van der Waals surface area contributed by atoms with E-state index in [1.807, 2.05) is 33.7 Å². The van der Waals surface area contributed by atoms with Gasteiger partial charge >= 0.3 is 0 Å². The van der Waals surface area contributed by atoms with Gasteiger partial charge < -0.3 is 14.5 Å². The third-order valence-electron chi connectivity index (χ3n) is 5.37. The van der Waals surface area contributed by atoms with Crippen molar-refractivity contribution in [1.82, 2.24) is 19.2 Å². The summed E-state index contributed by atoms with van der Waals surface area (Å²) in [6.45, 7) is 3.33. The highest BCUT2D eigenvalue weighted by atomic mass is 16.5. The maximum atomic E-state index is 13.1. The highest BCUT2D eigenvalue weighted by Crippen LogP contribution is 2.38. The lowest BCUT2D eigenvalue weighted by atomic mass is 9.86. The smallest absolute Gasteiger partial charge is 0.272 e. The number of hydrogen-bond donors (Lipinski definition) is 0. The number of carbonyl (C=O) groups is 1. The standard InChI is InChI=1S/C19H26N4O2/c1-21(2)12-15-10-19(25-13-15)7-5-8-22(14-19)18(24)16-11-20-17-6-3-4-9-23(16)17/h3-4,6,9,11,15H,5,7-8,10,12-14H2,1-2H3. The molecule has 2 fully saturated rings. The minimum Gasteiger partial charge on any atom is -0.373 e. The van der Waals surface area contributed by atoms with E-state index in [0.29, 0.717) is 18.2 Å². The van der Waals surface area contributed by atoms with Crippen LogP contribution in [0.25, 0.3) is 5.65 Å². The van der Waals surface area contributed by atoms with E-state index in [4.69, 9.17) is 4.74 Å². The molecule has 134 valence electrons. The van der Waals surface area contributed by atoms with Crippen molar-refractivity contribution in [2.45, 2.75) is 24.9 Å². The van der Waals surface area contributed by atoms with Crippen LogP contribution in [0.4, 0.5) is 0 Å². The van der Waals surface area contributed by atoms with Gasteiger partial charge in [0.1, 0.15) is 11.3 Å². The Labute approximate surface area is 148 Å². The van der Waals surface area contributed by atoms with Crippen molar-refractivity contribution in [3.63, 3.8) is 0 Å². The Hall–Kier alpha value is -1.92. The van der Waals surface area contributed by atoms with Gasteiger partial charge in [-0.3, -0.25) is 9.20 Å². The fraction of sp³-hybridized carbons (Fsp3) is 0.579. The van der Waals surface area contributed by atoms with Crippen LogP contribution in [-0.2, 0) is 4.74 Å². The van der Waals surface area contributed by atoms with E-state index >= 15 is 0 Å². The van der Waals surface area contributed by atoms with Crippen LogP contribution in [0.5, 0.6) is 0 Å². The normalized spacial score (nSPS) is 26.8. The van der Waals surface area contributed by atoms with Crippen LogP contribution in [0.3, 0.4) is 0 Å². The summed E-state index contributed by atoms with van der Waals surface area (Å²) in [7, 11) is 4.21. The molecule has 2 atom stereocenters. The Morgan fingerprint density at radius 1 is 1.44 bits per heavy atom. The molecular weight excluding hydrogens is 316 g/mol. The van der Waals surface area contributed by atoms with Gasteiger partial charge in [-0.1, -0.05) is 6.07 Å². The zero-order chi connectivity index (χ0) is 17.4. The first-order chi connectivity index (χ1) is 12.1. The SMILES string of the molecule is CN(C)CC1COC2(CCCN(C(=O)c3cnc4ccccn34)C2)C1. The Morgan fingerprint density at radius 2 is 2.32 bits per heavy atom. The van der Waals surface area contributed by atoms with Gasteiger partial charge in [-0.2, -0.15) is 0 Å². The molecule has 2 aromatic rings. The summed E-state index contributed by atoms with van der Waals surface area (Å²) in [6.07, 6.45) is 6.67. The van der Waals surface area contributed by atoms with E-state index in [9.17, 15) is 4.79 Å². The molecule has 2 aliphatic rings. The molecule has 25 heavy (non-hydrogen) atoms. The number of rotatable bonds is 3. The molecule has 0 aliphatic carbocycles. The molecule has 1 amide bonds. The lowest BCUT2D eigenvalue weighted by Gasteiger charge is -2.39. The Balaban J connectivity index is 1.51. The number of pyridine rings is 1. The topological polar surface area (TPSA) is 50.1 Å². The number of ether oxygens (including phenoxy) is 1. The summed E-state index contributed by atoms with van der Waals surface area (Å²) >= 11 is 0. The summed E-state index contributed by atoms with van der Waals surface area (Å²) in [6, 6.07) is 5.78. The van der Waals surface area contributed by atoms with Crippen molar-refractivity contribution >= 4 is 11.6 Å². The van der Waals surface area contributed by atoms with Gasteiger partial charge in [0, 0.05) is 19.3 Å². The molecule has 0 N–H and O–H groups in total. The predicted molar refractivity (Wildman–Crippen MR) is 95.7 cm³/mol. The van der Waals surface area contributed by atoms with Gasteiger partial charge in [0.15, 0.2) is 0 Å². The minimum absolute atomic E-state index is 0.0532. The molecule has 2 unspecified atom stereocenters. The Kier molecular flexibility index (Phi) is 4.25. The minimum atomic E-state index is -0.158. The number of nitrogens with zero attached hydrogens (tertiary/aromatic N) is 4. The van der Waals surface area contributed by atoms with E-state index < -0.39 is 0 Å². The fourth-order valence-corrected chi connectivity index (χ4v) is 4.38. The van der Waals surface area contributed by atoms with E-state index in [1.165, 1.54) is 0 Å². The summed E-state index contributed by atoms with van der Waals surface area (Å²) in [5.41, 5.74) is 1.28. The number of fused-ring (bicyclic) bond motifs is 1. The summed E-state index contributed by atoms with van der Waals surface area (Å²) in [4.78, 5) is 21.6. The van der Waals surface area contributed by atoms with Gasteiger partial charge in [0.05, 0.1) is 24.9 Å². The Morgan fingerprint density at radius 3 is 3.16 bits per heavy atom. The lowest BCUT2D eigenvalue weighted by molar-refractivity contribution is -0.0451. The molecule has 0 saturated carbocycles. The molecule has 0 bridgehead atoms. The maximum Gasteiger partial charge on any atom is 0.272 e. The largest absolute Gasteiger partial charge is 0.373 e. The zero-order valence-corrected chi connectivity index (χ0v) is 15.0. The number of carbonyl (C=O) groups excluding carboxylic acids is 1. The van der Waals surface area contributed by atoms with Crippen molar-refractivity contribution < 1.29 is 9.53 Å². The van der Waals surface area contributed by atoms with E-state index in [1.54, 1.807) is 6.20 Å². The number of likely N-dealkylation sites (tertiary alicyclic amines) is 1. The third-order valence-corrected chi connectivity index (χ3v) is 5.37. The van der Waals surface area contributed by atoms with Crippen molar-refractivity contribution in [3.8, 4) is 0 Å². The lowest BCUT2D eigenvalue weighted by Crippen LogP contribution is -2.50. The van der Waals surface area contributed by atoms with Crippen molar-refractivity contribution in [1.29, 1.82) is 0 Å². The maximum absolute atomic E-state index is 13.1. The first kappa shape index (κ1) is 16.5. The number of aromatic nitrogens is 2. The first-order valence-electron chi connectivity index (χ1n) is 9.06. The molecule has 4 rings (SSSR count). The van der Waals surface area contributed by atoms with Crippen molar-refractivity contribution in [3.05, 3.63) is 36.3 Å². The predicted octanol–water partition coefficient (Wildman–Crippen LogP) is 1.91. The first-order valence-corrected chi connectivity index (χ1v) is 9.06. The third kappa shape index (κ3) is 3.16. The average Bonchev–Trinajstić information content (AvgIpc) is 3.18. The molecule has 1 spiro atoms. The van der Waals surface area contributed by atoms with Gasteiger partial charge in [0.25, 0.3) is 5.91 Å². The van der Waals surface area contributed by atoms with Crippen molar-refractivity contribution in [2.75, 3.05) is 40.3 Å². The van der Waals surface area contributed by atoms with Gasteiger partial charge in [0.2, 0.25) is 0 Å². The van der Waals surface area contributed by atoms with Crippen LogP contribution >= 0.6 is 0 Å². The fourth-order valence-electron chi connectivity index (χ4n) is 4.38. The quantitative estimate of drug-likeness (QED) is 0.855. The molecule has 2 saturated heterocycles. The molecule has 6 heteroatoms. The number of hydrogen-bond acceptors (Lipinski definition) is 4. The summed E-state index contributed by atoms with van der Waals surface area (Å²) in [5.74, 6) is 0.610. The van der Waals surface area contributed by atoms with Gasteiger partial charge in [-0.25, -0.2) is 4.98 Å². The van der Waals surface area contributed by atoms with Gasteiger partial charge in [-0.15, -0.1) is 0 Å². The van der Waals surface area contributed by atoms with Crippen LogP contribution in [0, 0.1) is 5.92 Å². The van der Waals surface area contributed by atoms with Crippen LogP contribution < -0.4 is 0 Å². The highest BCUT2D eigenvalue weighted by molar-refractivity contribution is 5.93. The summed E-state index contributed by atoms with van der Waals surface area (Å²) in [5, 5.41) is 0. The number of piperidine rings is 1. The molecule has 6 nitrogen and oxygen atoms in total. The van der Waals surface area contributed by atoms with E-state index in [-0.39, 0.29) is 11.5 Å². The van der Waals surface area contributed by atoms with Crippen molar-refractivity contribution in [2.24, 2.45) is 5.92 Å².